The third-order valence-electron chi connectivity index (χ3n) is 4.42. The highest BCUT2D eigenvalue weighted by atomic mass is 16.4. The summed E-state index contributed by atoms with van der Waals surface area (Å²) in [6, 6.07) is 0.343. The second-order valence-corrected chi connectivity index (χ2v) is 5.85. The molecule has 3 unspecified atom stereocenters. The van der Waals surface area contributed by atoms with Crippen molar-refractivity contribution in [2.75, 3.05) is 13.1 Å². The first-order chi connectivity index (χ1) is 7.56. The number of carbonyl (C=O) groups is 1. The van der Waals surface area contributed by atoms with Crippen molar-refractivity contribution < 1.29 is 9.90 Å². The second kappa shape index (κ2) is 4.74. The van der Waals surface area contributed by atoms with Crippen molar-refractivity contribution >= 4 is 5.97 Å². The predicted molar refractivity (Wildman–Crippen MR) is 63.3 cm³/mol. The summed E-state index contributed by atoms with van der Waals surface area (Å²) in [4.78, 5) is 12.9. The normalized spacial score (nSPS) is 32.9. The van der Waals surface area contributed by atoms with Gasteiger partial charge < -0.3 is 5.11 Å². The van der Waals surface area contributed by atoms with Crippen molar-refractivity contribution in [2.45, 2.75) is 45.6 Å². The summed E-state index contributed by atoms with van der Waals surface area (Å²) in [5, 5.41) is 8.90. The van der Waals surface area contributed by atoms with Crippen LogP contribution in [0.1, 0.15) is 39.5 Å². The molecule has 2 rings (SSSR count). The van der Waals surface area contributed by atoms with Crippen LogP contribution in [0.4, 0.5) is 0 Å². The van der Waals surface area contributed by atoms with Crippen LogP contribution in [0.2, 0.25) is 0 Å². The third kappa shape index (κ3) is 2.57. The summed E-state index contributed by atoms with van der Waals surface area (Å²) >= 11 is 0. The summed E-state index contributed by atoms with van der Waals surface area (Å²) in [7, 11) is 0. The number of fused-ring (bicyclic) bond motifs is 2. The molecule has 92 valence electrons. The van der Waals surface area contributed by atoms with Crippen LogP contribution >= 0.6 is 0 Å². The van der Waals surface area contributed by atoms with Gasteiger partial charge in [-0.05, 0) is 50.9 Å². The first kappa shape index (κ1) is 11.9. The SMILES string of the molecule is CC(C)N(CC(=O)O)CC1CC2CCC1C2. The highest BCUT2D eigenvalue weighted by molar-refractivity contribution is 5.69. The smallest absolute Gasteiger partial charge is 0.317 e. The molecule has 16 heavy (non-hydrogen) atoms. The molecular formula is C13H23NO2. The molecule has 2 bridgehead atoms. The van der Waals surface area contributed by atoms with Gasteiger partial charge in [-0.1, -0.05) is 6.42 Å². The molecule has 2 aliphatic rings. The van der Waals surface area contributed by atoms with Gasteiger partial charge in [0.1, 0.15) is 0 Å². The predicted octanol–water partition coefficient (Wildman–Crippen LogP) is 2.22. The van der Waals surface area contributed by atoms with Gasteiger partial charge >= 0.3 is 5.97 Å². The quantitative estimate of drug-likeness (QED) is 0.780. The van der Waals surface area contributed by atoms with Crippen LogP contribution in [-0.2, 0) is 4.79 Å². The van der Waals surface area contributed by atoms with E-state index in [1.165, 1.54) is 25.7 Å². The van der Waals surface area contributed by atoms with Crippen molar-refractivity contribution in [3.05, 3.63) is 0 Å². The lowest BCUT2D eigenvalue weighted by Crippen LogP contribution is -2.40. The Bertz CT molecular complexity index is 265. The lowest BCUT2D eigenvalue weighted by Gasteiger charge is -2.31. The summed E-state index contributed by atoms with van der Waals surface area (Å²) in [6.07, 6.45) is 5.55. The van der Waals surface area contributed by atoms with Crippen molar-refractivity contribution in [1.82, 2.24) is 4.90 Å². The van der Waals surface area contributed by atoms with E-state index in [9.17, 15) is 4.79 Å². The maximum absolute atomic E-state index is 10.8. The van der Waals surface area contributed by atoms with Gasteiger partial charge in [0.15, 0.2) is 0 Å². The minimum atomic E-state index is -0.697. The molecule has 0 aliphatic heterocycles. The van der Waals surface area contributed by atoms with E-state index in [0.29, 0.717) is 6.04 Å². The van der Waals surface area contributed by atoms with E-state index in [2.05, 4.69) is 18.7 Å². The van der Waals surface area contributed by atoms with Crippen LogP contribution < -0.4 is 0 Å². The van der Waals surface area contributed by atoms with Gasteiger partial charge in [-0.15, -0.1) is 0 Å². The Balaban J connectivity index is 1.88. The maximum atomic E-state index is 10.8. The summed E-state index contributed by atoms with van der Waals surface area (Å²) in [5.74, 6) is 1.91. The molecule has 2 fully saturated rings. The van der Waals surface area contributed by atoms with E-state index in [1.54, 1.807) is 0 Å². The zero-order chi connectivity index (χ0) is 11.7. The fraction of sp³-hybridized carbons (Fsp3) is 0.923. The van der Waals surface area contributed by atoms with E-state index in [0.717, 1.165) is 24.3 Å². The number of aliphatic carboxylic acids is 1. The van der Waals surface area contributed by atoms with E-state index in [-0.39, 0.29) is 6.54 Å². The van der Waals surface area contributed by atoms with Crippen LogP contribution in [0.25, 0.3) is 0 Å². The van der Waals surface area contributed by atoms with Gasteiger partial charge in [-0.3, -0.25) is 9.69 Å². The first-order valence-corrected chi connectivity index (χ1v) is 6.52. The average molecular weight is 225 g/mol. The molecule has 2 aliphatic carbocycles. The highest BCUT2D eigenvalue weighted by Gasteiger charge is 2.40. The summed E-state index contributed by atoms with van der Waals surface area (Å²) in [6.45, 7) is 5.38. The van der Waals surface area contributed by atoms with Crippen molar-refractivity contribution in [1.29, 1.82) is 0 Å². The minimum Gasteiger partial charge on any atom is -0.480 e. The molecule has 0 aromatic carbocycles. The maximum Gasteiger partial charge on any atom is 0.317 e. The fourth-order valence-corrected chi connectivity index (χ4v) is 3.53. The second-order valence-electron chi connectivity index (χ2n) is 5.85. The molecule has 0 aromatic rings. The molecule has 0 aromatic heterocycles. The molecule has 0 saturated heterocycles. The Hall–Kier alpha value is -0.570. The molecule has 3 nitrogen and oxygen atoms in total. The topological polar surface area (TPSA) is 40.5 Å². The molecular weight excluding hydrogens is 202 g/mol. The van der Waals surface area contributed by atoms with E-state index >= 15 is 0 Å². The van der Waals surface area contributed by atoms with Crippen LogP contribution in [0.15, 0.2) is 0 Å². The fourth-order valence-electron chi connectivity index (χ4n) is 3.53. The lowest BCUT2D eigenvalue weighted by atomic mass is 9.88. The number of nitrogens with zero attached hydrogens (tertiary/aromatic N) is 1. The Morgan fingerprint density at radius 3 is 2.56 bits per heavy atom. The van der Waals surface area contributed by atoms with Gasteiger partial charge in [-0.2, -0.15) is 0 Å². The average Bonchev–Trinajstić information content (AvgIpc) is 2.77. The Labute approximate surface area is 97.8 Å². The number of hydrogen-bond acceptors (Lipinski definition) is 2. The van der Waals surface area contributed by atoms with Crippen LogP contribution in [0.3, 0.4) is 0 Å². The Kier molecular flexibility index (Phi) is 3.53. The van der Waals surface area contributed by atoms with E-state index in [4.69, 9.17) is 5.11 Å². The van der Waals surface area contributed by atoms with Crippen LogP contribution in [0, 0.1) is 17.8 Å². The highest BCUT2D eigenvalue weighted by Crippen LogP contribution is 2.48. The van der Waals surface area contributed by atoms with Crippen molar-refractivity contribution in [2.24, 2.45) is 17.8 Å². The van der Waals surface area contributed by atoms with E-state index < -0.39 is 5.97 Å². The summed E-state index contributed by atoms with van der Waals surface area (Å²) in [5.41, 5.74) is 0. The molecule has 0 heterocycles. The van der Waals surface area contributed by atoms with Gasteiger partial charge in [-0.25, -0.2) is 0 Å². The molecule has 0 amide bonds. The zero-order valence-electron chi connectivity index (χ0n) is 10.4. The van der Waals surface area contributed by atoms with Gasteiger partial charge in [0.2, 0.25) is 0 Å². The monoisotopic (exact) mass is 225 g/mol. The number of carboxylic acid groups (broad SMARTS) is 1. The molecule has 0 spiro atoms. The van der Waals surface area contributed by atoms with Crippen LogP contribution in [-0.4, -0.2) is 35.1 Å². The van der Waals surface area contributed by atoms with Crippen molar-refractivity contribution in [3.63, 3.8) is 0 Å². The number of rotatable bonds is 5. The standard InChI is InChI=1S/C13H23NO2/c1-9(2)14(8-13(15)16)7-12-6-10-3-4-11(12)5-10/h9-12H,3-8H2,1-2H3,(H,15,16). The minimum absolute atomic E-state index is 0.200. The lowest BCUT2D eigenvalue weighted by molar-refractivity contribution is -0.139. The van der Waals surface area contributed by atoms with Gasteiger partial charge in [0.25, 0.3) is 0 Å². The largest absolute Gasteiger partial charge is 0.480 e. The number of hydrogen-bond donors (Lipinski definition) is 1. The third-order valence-corrected chi connectivity index (χ3v) is 4.42. The zero-order valence-corrected chi connectivity index (χ0v) is 10.4. The number of carboxylic acids is 1. The van der Waals surface area contributed by atoms with Gasteiger partial charge in [0.05, 0.1) is 6.54 Å². The van der Waals surface area contributed by atoms with Gasteiger partial charge in [0, 0.05) is 12.6 Å². The Morgan fingerprint density at radius 1 is 1.38 bits per heavy atom. The molecule has 0 radical (unpaired) electrons. The molecule has 2 saturated carbocycles. The van der Waals surface area contributed by atoms with E-state index in [1.807, 2.05) is 0 Å². The molecule has 3 heteroatoms. The van der Waals surface area contributed by atoms with Crippen LogP contribution in [0.5, 0.6) is 0 Å². The summed E-state index contributed by atoms with van der Waals surface area (Å²) < 4.78 is 0. The molecule has 1 N–H and O–H groups in total. The Morgan fingerprint density at radius 2 is 2.12 bits per heavy atom. The first-order valence-electron chi connectivity index (χ1n) is 6.52. The van der Waals surface area contributed by atoms with Crippen molar-refractivity contribution in [3.8, 4) is 0 Å². The molecule has 3 atom stereocenters.